The molecule has 1 nitrogen and oxygen atoms in total. The van der Waals surface area contributed by atoms with Crippen LogP contribution >= 0.6 is 43.5 Å². The standard InChI is InChI=1S/C9H3Br2ClFN/c10-4-1-2-6(13)7-8(11)5(12)3-14-9(4)7/h1-3H. The first-order valence-corrected chi connectivity index (χ1v) is 5.65. The molecule has 0 unspecified atom stereocenters. The van der Waals surface area contributed by atoms with Crippen molar-refractivity contribution in [3.8, 4) is 0 Å². The molecule has 0 N–H and O–H groups in total. The largest absolute Gasteiger partial charge is 0.253 e. The SMILES string of the molecule is Fc1ccc(Br)c2ncc(Cl)c(Br)c12. The zero-order valence-corrected chi connectivity index (χ0v) is 10.6. The van der Waals surface area contributed by atoms with Gasteiger partial charge >= 0.3 is 0 Å². The number of hydrogen-bond acceptors (Lipinski definition) is 1. The molecule has 0 amide bonds. The molecule has 1 aromatic carbocycles. The van der Waals surface area contributed by atoms with Crippen molar-refractivity contribution in [2.45, 2.75) is 0 Å². The van der Waals surface area contributed by atoms with Crippen molar-refractivity contribution in [3.63, 3.8) is 0 Å². The molecule has 2 rings (SSSR count). The van der Waals surface area contributed by atoms with Crippen molar-refractivity contribution >= 4 is 54.4 Å². The summed E-state index contributed by atoms with van der Waals surface area (Å²) in [5.41, 5.74) is 0.557. The number of pyridine rings is 1. The van der Waals surface area contributed by atoms with E-state index < -0.39 is 0 Å². The van der Waals surface area contributed by atoms with Crippen molar-refractivity contribution in [2.24, 2.45) is 0 Å². The molecule has 5 heteroatoms. The van der Waals surface area contributed by atoms with E-state index in [1.54, 1.807) is 6.07 Å². The molecule has 14 heavy (non-hydrogen) atoms. The van der Waals surface area contributed by atoms with E-state index in [1.165, 1.54) is 12.3 Å². The summed E-state index contributed by atoms with van der Waals surface area (Å²) in [5.74, 6) is -0.343. The Morgan fingerprint density at radius 3 is 2.71 bits per heavy atom. The maximum Gasteiger partial charge on any atom is 0.133 e. The minimum Gasteiger partial charge on any atom is -0.253 e. The van der Waals surface area contributed by atoms with Crippen LogP contribution in [0.5, 0.6) is 0 Å². The minimum atomic E-state index is -0.343. The molecule has 0 fully saturated rings. The van der Waals surface area contributed by atoms with Crippen LogP contribution in [-0.4, -0.2) is 4.98 Å². The fourth-order valence-corrected chi connectivity index (χ4v) is 2.23. The van der Waals surface area contributed by atoms with Crippen LogP contribution in [0.15, 0.2) is 27.3 Å². The van der Waals surface area contributed by atoms with Crippen LogP contribution < -0.4 is 0 Å². The van der Waals surface area contributed by atoms with E-state index in [4.69, 9.17) is 11.6 Å². The van der Waals surface area contributed by atoms with Crippen LogP contribution in [0, 0.1) is 5.82 Å². The van der Waals surface area contributed by atoms with Gasteiger partial charge in [-0.1, -0.05) is 11.6 Å². The van der Waals surface area contributed by atoms with E-state index in [1.807, 2.05) is 0 Å². The highest BCUT2D eigenvalue weighted by Crippen LogP contribution is 2.34. The highest BCUT2D eigenvalue weighted by molar-refractivity contribution is 9.11. The molecule has 1 aromatic heterocycles. The third-order valence-electron chi connectivity index (χ3n) is 1.81. The second kappa shape index (κ2) is 3.76. The summed E-state index contributed by atoms with van der Waals surface area (Å²) in [4.78, 5) is 4.05. The van der Waals surface area contributed by atoms with Gasteiger partial charge in [-0.2, -0.15) is 0 Å². The average molecular weight is 339 g/mol. The normalized spacial score (nSPS) is 10.9. The van der Waals surface area contributed by atoms with Gasteiger partial charge in [0.15, 0.2) is 0 Å². The Hall–Kier alpha value is -0.190. The molecule has 72 valence electrons. The Morgan fingerprint density at radius 2 is 2.00 bits per heavy atom. The zero-order valence-electron chi connectivity index (χ0n) is 6.69. The maximum absolute atomic E-state index is 13.5. The average Bonchev–Trinajstić information content (AvgIpc) is 2.16. The number of halogens is 4. The van der Waals surface area contributed by atoms with Gasteiger partial charge in [0.05, 0.1) is 20.4 Å². The molecule has 0 spiro atoms. The van der Waals surface area contributed by atoms with Gasteiger partial charge < -0.3 is 0 Å². The molecule has 0 atom stereocenters. The van der Waals surface area contributed by atoms with Crippen molar-refractivity contribution in [1.82, 2.24) is 4.98 Å². The highest BCUT2D eigenvalue weighted by atomic mass is 79.9. The zero-order chi connectivity index (χ0) is 10.3. The van der Waals surface area contributed by atoms with Gasteiger partial charge in [-0.3, -0.25) is 4.98 Å². The van der Waals surface area contributed by atoms with Gasteiger partial charge in [0.2, 0.25) is 0 Å². The minimum absolute atomic E-state index is 0.343. The predicted molar refractivity (Wildman–Crippen MR) is 62.1 cm³/mol. The number of aromatic nitrogens is 1. The Balaban J connectivity index is 3.01. The van der Waals surface area contributed by atoms with Crippen LogP contribution in [0.25, 0.3) is 10.9 Å². The summed E-state index contributed by atoms with van der Waals surface area (Å²) in [6, 6.07) is 2.99. The van der Waals surface area contributed by atoms with Gasteiger partial charge in [-0.25, -0.2) is 4.39 Å². The monoisotopic (exact) mass is 337 g/mol. The van der Waals surface area contributed by atoms with Crippen LogP contribution in [0.1, 0.15) is 0 Å². The van der Waals surface area contributed by atoms with Crippen LogP contribution in [-0.2, 0) is 0 Å². The molecule has 0 aliphatic heterocycles. The van der Waals surface area contributed by atoms with Crippen molar-refractivity contribution in [2.75, 3.05) is 0 Å². The number of fused-ring (bicyclic) bond motifs is 1. The molecular formula is C9H3Br2ClFN. The van der Waals surface area contributed by atoms with Crippen molar-refractivity contribution in [3.05, 3.63) is 38.1 Å². The maximum atomic E-state index is 13.5. The van der Waals surface area contributed by atoms with E-state index >= 15 is 0 Å². The number of rotatable bonds is 0. The lowest BCUT2D eigenvalue weighted by Crippen LogP contribution is -1.87. The Morgan fingerprint density at radius 1 is 1.29 bits per heavy atom. The van der Waals surface area contributed by atoms with Crippen LogP contribution in [0.3, 0.4) is 0 Å². The van der Waals surface area contributed by atoms with Crippen molar-refractivity contribution < 1.29 is 4.39 Å². The molecule has 0 bridgehead atoms. The summed E-state index contributed by atoms with van der Waals surface area (Å²) in [6.07, 6.45) is 1.48. The second-order valence-corrected chi connectivity index (χ2v) is 4.73. The van der Waals surface area contributed by atoms with E-state index in [-0.39, 0.29) is 5.82 Å². The number of nitrogens with zero attached hydrogens (tertiary/aromatic N) is 1. The van der Waals surface area contributed by atoms with Gasteiger partial charge in [-0.05, 0) is 44.0 Å². The van der Waals surface area contributed by atoms with E-state index in [9.17, 15) is 4.39 Å². The molecule has 0 saturated carbocycles. The summed E-state index contributed by atoms with van der Waals surface area (Å²) < 4.78 is 14.7. The molecule has 0 radical (unpaired) electrons. The van der Waals surface area contributed by atoms with E-state index in [0.29, 0.717) is 20.4 Å². The number of hydrogen-bond donors (Lipinski definition) is 0. The highest BCUT2D eigenvalue weighted by Gasteiger charge is 2.11. The second-order valence-electron chi connectivity index (χ2n) is 2.67. The smallest absolute Gasteiger partial charge is 0.133 e. The van der Waals surface area contributed by atoms with Crippen LogP contribution in [0.4, 0.5) is 4.39 Å². The lowest BCUT2D eigenvalue weighted by molar-refractivity contribution is 0.639. The first kappa shape index (κ1) is 10.3. The van der Waals surface area contributed by atoms with Gasteiger partial charge in [0, 0.05) is 10.7 Å². The third kappa shape index (κ3) is 1.55. The molecule has 0 saturated heterocycles. The lowest BCUT2D eigenvalue weighted by atomic mass is 10.2. The van der Waals surface area contributed by atoms with Crippen LogP contribution in [0.2, 0.25) is 5.02 Å². The Kier molecular flexibility index (Phi) is 2.77. The summed E-state index contributed by atoms with van der Waals surface area (Å²) >= 11 is 12.4. The quantitative estimate of drug-likeness (QED) is 0.686. The van der Waals surface area contributed by atoms with Gasteiger partial charge in [0.1, 0.15) is 5.82 Å². The molecule has 0 aliphatic rings. The fourth-order valence-electron chi connectivity index (χ4n) is 1.17. The predicted octanol–water partition coefficient (Wildman–Crippen LogP) is 4.55. The summed E-state index contributed by atoms with van der Waals surface area (Å²) in [6.45, 7) is 0. The van der Waals surface area contributed by atoms with Gasteiger partial charge in [0.25, 0.3) is 0 Å². The molecular weight excluding hydrogens is 336 g/mol. The van der Waals surface area contributed by atoms with Crippen molar-refractivity contribution in [1.29, 1.82) is 0 Å². The molecule has 1 heterocycles. The van der Waals surface area contributed by atoms with E-state index in [2.05, 4.69) is 36.8 Å². The summed E-state index contributed by atoms with van der Waals surface area (Å²) in [7, 11) is 0. The molecule has 0 aliphatic carbocycles. The summed E-state index contributed by atoms with van der Waals surface area (Å²) in [5, 5.41) is 0.793. The first-order chi connectivity index (χ1) is 6.61. The third-order valence-corrected chi connectivity index (χ3v) is 3.79. The molecule has 2 aromatic rings. The van der Waals surface area contributed by atoms with E-state index in [0.717, 1.165) is 4.47 Å². The topological polar surface area (TPSA) is 12.9 Å². The fraction of sp³-hybridized carbons (Fsp3) is 0. The van der Waals surface area contributed by atoms with Gasteiger partial charge in [-0.15, -0.1) is 0 Å². The Labute approximate surface area is 102 Å². The first-order valence-electron chi connectivity index (χ1n) is 3.69. The Bertz CT molecular complexity index is 516. The number of benzene rings is 1. The lowest BCUT2D eigenvalue weighted by Gasteiger charge is -2.04.